The van der Waals surface area contributed by atoms with Gasteiger partial charge in [-0.3, -0.25) is 4.79 Å². The summed E-state index contributed by atoms with van der Waals surface area (Å²) in [5.74, 6) is 1.91. The van der Waals surface area contributed by atoms with Gasteiger partial charge in [-0.25, -0.2) is 0 Å². The van der Waals surface area contributed by atoms with Gasteiger partial charge in [-0.15, -0.1) is 0 Å². The second kappa shape index (κ2) is 9.46. The Morgan fingerprint density at radius 2 is 2.08 bits per heavy atom. The van der Waals surface area contributed by atoms with Crippen molar-refractivity contribution >= 4 is 40.7 Å². The van der Waals surface area contributed by atoms with Crippen molar-refractivity contribution in [3.05, 3.63) is 24.3 Å². The number of piperidine rings is 1. The van der Waals surface area contributed by atoms with E-state index in [9.17, 15) is 4.79 Å². The number of anilines is 1. The number of thioether (sulfide) groups is 1. The van der Waals surface area contributed by atoms with Crippen LogP contribution in [0.15, 0.2) is 24.3 Å². The van der Waals surface area contributed by atoms with E-state index in [-0.39, 0.29) is 5.91 Å². The fraction of sp³-hybridized carbons (Fsp3) is 0.579. The number of amides is 1. The van der Waals surface area contributed by atoms with Crippen molar-refractivity contribution in [1.29, 1.82) is 0 Å². The highest BCUT2D eigenvalue weighted by atomic mass is 32.2. The Bertz CT molecular complexity index is 635. The summed E-state index contributed by atoms with van der Waals surface area (Å²) < 4.78 is 6.05. The maximum atomic E-state index is 12.9. The Kier molecular flexibility index (Phi) is 7.02. The van der Waals surface area contributed by atoms with E-state index in [1.54, 1.807) is 0 Å². The van der Waals surface area contributed by atoms with E-state index in [0.29, 0.717) is 11.7 Å². The summed E-state index contributed by atoms with van der Waals surface area (Å²) in [4.78, 5) is 16.9. The lowest BCUT2D eigenvalue weighted by Gasteiger charge is -2.38. The molecule has 0 radical (unpaired) electrons. The smallest absolute Gasteiger partial charge is 0.265 e. The van der Waals surface area contributed by atoms with Gasteiger partial charge in [0.15, 0.2) is 11.2 Å². The number of hydrogen-bond donors (Lipinski definition) is 1. The first-order chi connectivity index (χ1) is 12.7. The van der Waals surface area contributed by atoms with E-state index in [1.807, 2.05) is 45.8 Å². The zero-order valence-corrected chi connectivity index (χ0v) is 16.9. The fourth-order valence-electron chi connectivity index (χ4n) is 3.38. The molecule has 2 aliphatic heterocycles. The van der Waals surface area contributed by atoms with E-state index >= 15 is 0 Å². The highest BCUT2D eigenvalue weighted by Crippen LogP contribution is 2.33. The molecular weight excluding hydrogens is 366 g/mol. The van der Waals surface area contributed by atoms with Gasteiger partial charge in [-0.05, 0) is 62.0 Å². The van der Waals surface area contributed by atoms with Crippen LogP contribution in [0.2, 0.25) is 0 Å². The quantitative estimate of drug-likeness (QED) is 0.613. The first kappa shape index (κ1) is 19.3. The molecule has 0 aliphatic carbocycles. The van der Waals surface area contributed by atoms with E-state index < -0.39 is 6.10 Å². The zero-order valence-electron chi connectivity index (χ0n) is 15.3. The van der Waals surface area contributed by atoms with Gasteiger partial charge in [0.25, 0.3) is 5.91 Å². The van der Waals surface area contributed by atoms with Crippen molar-refractivity contribution < 1.29 is 9.53 Å². The number of rotatable bonds is 5. The second-order valence-electron chi connectivity index (χ2n) is 6.65. The molecule has 1 N–H and O–H groups in total. The monoisotopic (exact) mass is 393 g/mol. The Hall–Kier alpha value is -1.47. The first-order valence-electron chi connectivity index (χ1n) is 9.29. The van der Waals surface area contributed by atoms with Gasteiger partial charge >= 0.3 is 0 Å². The molecule has 0 saturated carbocycles. The van der Waals surface area contributed by atoms with E-state index in [2.05, 4.69) is 11.6 Å². The third kappa shape index (κ3) is 4.62. The summed E-state index contributed by atoms with van der Waals surface area (Å²) in [7, 11) is 0. The number of nitrogens with one attached hydrogen (secondary N) is 1. The Morgan fingerprint density at radius 3 is 2.85 bits per heavy atom. The summed E-state index contributed by atoms with van der Waals surface area (Å²) >= 11 is 7.45. The fourth-order valence-corrected chi connectivity index (χ4v) is 4.09. The molecule has 26 heavy (non-hydrogen) atoms. The van der Waals surface area contributed by atoms with Crippen LogP contribution in [0.1, 0.15) is 25.7 Å². The van der Waals surface area contributed by atoms with Crippen LogP contribution in [0.5, 0.6) is 5.75 Å². The molecule has 0 aromatic heterocycles. The number of para-hydroxylation sites is 2. The summed E-state index contributed by atoms with van der Waals surface area (Å²) in [6.45, 7) is 2.96. The minimum absolute atomic E-state index is 0.0781. The SMILES string of the molecule is CSCCCNC(=S)N1C[C@@H](C(=O)N2CCCCC2)Oc2ccccc21. The summed E-state index contributed by atoms with van der Waals surface area (Å²) in [5, 5.41) is 4.00. The number of carbonyl (C=O) groups is 1. The predicted molar refractivity (Wildman–Crippen MR) is 112 cm³/mol. The molecule has 1 saturated heterocycles. The molecule has 1 atom stereocenters. The molecule has 2 heterocycles. The lowest BCUT2D eigenvalue weighted by molar-refractivity contribution is -0.139. The Morgan fingerprint density at radius 1 is 1.31 bits per heavy atom. The standard InChI is InChI=1S/C19H27N3O2S2/c1-26-13-7-10-20-19(25)22-14-17(18(23)21-11-5-2-6-12-21)24-16-9-4-3-8-15(16)22/h3-4,8-9,17H,2,5-7,10-14H2,1H3,(H,20,25)/t17-/m0/s1. The third-order valence-corrected chi connectivity index (χ3v) is 5.83. The Labute approximate surface area is 165 Å². The van der Waals surface area contributed by atoms with Crippen LogP contribution in [0.25, 0.3) is 0 Å². The molecule has 1 fully saturated rings. The van der Waals surface area contributed by atoms with Gasteiger partial charge in [-0.1, -0.05) is 12.1 Å². The molecule has 0 bridgehead atoms. The number of ether oxygens (including phenoxy) is 1. The number of nitrogens with zero attached hydrogens (tertiary/aromatic N) is 2. The van der Waals surface area contributed by atoms with Crippen molar-refractivity contribution in [3.8, 4) is 5.75 Å². The molecule has 7 heteroatoms. The predicted octanol–water partition coefficient (Wildman–Crippen LogP) is 2.89. The largest absolute Gasteiger partial charge is 0.476 e. The normalized spacial score (nSPS) is 19.5. The molecular formula is C19H27N3O2S2. The van der Waals surface area contributed by atoms with Crippen LogP contribution in [0.3, 0.4) is 0 Å². The van der Waals surface area contributed by atoms with Crippen molar-refractivity contribution in [2.24, 2.45) is 0 Å². The van der Waals surface area contributed by atoms with E-state index in [1.165, 1.54) is 6.42 Å². The first-order valence-corrected chi connectivity index (χ1v) is 11.1. The number of benzene rings is 1. The minimum Gasteiger partial charge on any atom is -0.476 e. The van der Waals surface area contributed by atoms with Crippen LogP contribution in [0.4, 0.5) is 5.69 Å². The number of thiocarbonyl (C=S) groups is 1. The zero-order chi connectivity index (χ0) is 18.4. The average Bonchev–Trinajstić information content (AvgIpc) is 2.70. The number of likely N-dealkylation sites (tertiary alicyclic amines) is 1. The molecule has 3 rings (SSSR count). The minimum atomic E-state index is -0.506. The maximum Gasteiger partial charge on any atom is 0.265 e. The van der Waals surface area contributed by atoms with Gasteiger partial charge < -0.3 is 19.9 Å². The maximum absolute atomic E-state index is 12.9. The van der Waals surface area contributed by atoms with Crippen LogP contribution < -0.4 is 15.0 Å². The van der Waals surface area contributed by atoms with Crippen LogP contribution in [-0.2, 0) is 4.79 Å². The summed E-state index contributed by atoms with van der Waals surface area (Å²) in [5.41, 5.74) is 0.928. The molecule has 1 aromatic carbocycles. The van der Waals surface area contributed by atoms with Gasteiger partial charge in [0.1, 0.15) is 5.75 Å². The van der Waals surface area contributed by atoms with E-state index in [4.69, 9.17) is 17.0 Å². The van der Waals surface area contributed by atoms with E-state index in [0.717, 1.165) is 56.1 Å². The molecule has 142 valence electrons. The number of fused-ring (bicyclic) bond motifs is 1. The molecule has 2 aliphatic rings. The molecule has 1 amide bonds. The van der Waals surface area contributed by atoms with Gasteiger partial charge in [0, 0.05) is 19.6 Å². The highest BCUT2D eigenvalue weighted by molar-refractivity contribution is 7.98. The van der Waals surface area contributed by atoms with Crippen molar-refractivity contribution in [2.45, 2.75) is 31.8 Å². The molecule has 1 aromatic rings. The molecule has 5 nitrogen and oxygen atoms in total. The van der Waals surface area contributed by atoms with Gasteiger partial charge in [-0.2, -0.15) is 11.8 Å². The number of carbonyl (C=O) groups excluding carboxylic acids is 1. The van der Waals surface area contributed by atoms with Crippen LogP contribution >= 0.6 is 24.0 Å². The van der Waals surface area contributed by atoms with Crippen LogP contribution in [0, 0.1) is 0 Å². The van der Waals surface area contributed by atoms with Crippen molar-refractivity contribution in [3.63, 3.8) is 0 Å². The van der Waals surface area contributed by atoms with Crippen LogP contribution in [-0.4, -0.2) is 60.2 Å². The summed E-state index contributed by atoms with van der Waals surface area (Å²) in [6.07, 6.45) is 6.02. The average molecular weight is 394 g/mol. The topological polar surface area (TPSA) is 44.8 Å². The summed E-state index contributed by atoms with van der Waals surface area (Å²) in [6, 6.07) is 7.80. The van der Waals surface area contributed by atoms with Crippen molar-refractivity contribution in [2.75, 3.05) is 43.1 Å². The number of hydrogen-bond acceptors (Lipinski definition) is 4. The Balaban J connectivity index is 1.71. The molecule has 0 spiro atoms. The second-order valence-corrected chi connectivity index (χ2v) is 8.02. The van der Waals surface area contributed by atoms with Crippen molar-refractivity contribution in [1.82, 2.24) is 10.2 Å². The lowest BCUT2D eigenvalue weighted by atomic mass is 10.1. The lowest BCUT2D eigenvalue weighted by Crippen LogP contribution is -2.54. The third-order valence-electron chi connectivity index (χ3n) is 4.76. The highest BCUT2D eigenvalue weighted by Gasteiger charge is 2.35. The van der Waals surface area contributed by atoms with Gasteiger partial charge in [0.2, 0.25) is 0 Å². The molecule has 0 unspecified atom stereocenters. The van der Waals surface area contributed by atoms with Gasteiger partial charge in [0.05, 0.1) is 12.2 Å².